The summed E-state index contributed by atoms with van der Waals surface area (Å²) < 4.78 is 10.1. The second-order valence-electron chi connectivity index (χ2n) is 13.6. The van der Waals surface area contributed by atoms with E-state index in [0.717, 1.165) is 34.1 Å². The Bertz CT molecular complexity index is 2000. The summed E-state index contributed by atoms with van der Waals surface area (Å²) in [5.41, 5.74) is 5.79. The highest BCUT2D eigenvalue weighted by atomic mass is 16.7. The second kappa shape index (κ2) is 20.6. The van der Waals surface area contributed by atoms with Crippen molar-refractivity contribution in [3.05, 3.63) is 88.5 Å². The molecule has 9 amide bonds. The highest BCUT2D eigenvalue weighted by Gasteiger charge is 2.36. The van der Waals surface area contributed by atoms with Gasteiger partial charge in [-0.2, -0.15) is 0 Å². The maximum absolute atomic E-state index is 13.6. The minimum absolute atomic E-state index is 0.0371. The third-order valence-corrected chi connectivity index (χ3v) is 8.90. The number of hydrogen-bond acceptors (Lipinski definition) is 13. The fraction of sp³-hybridized carbons (Fsp3) is 0.342. The summed E-state index contributed by atoms with van der Waals surface area (Å²) in [6.45, 7) is 2.85. The largest absolute Gasteiger partial charge is 0.514 e. The van der Waals surface area contributed by atoms with Gasteiger partial charge >= 0.3 is 12.2 Å². The molecular formula is C38H42N8O13. The third kappa shape index (κ3) is 13.1. The van der Waals surface area contributed by atoms with Crippen molar-refractivity contribution in [1.82, 2.24) is 25.8 Å². The lowest BCUT2D eigenvalue weighted by molar-refractivity contribution is -0.384. The Labute approximate surface area is 336 Å². The van der Waals surface area contributed by atoms with Crippen LogP contribution in [0.4, 0.5) is 21.0 Å². The molecule has 59 heavy (non-hydrogen) atoms. The Morgan fingerprint density at radius 3 is 2.00 bits per heavy atom. The highest BCUT2D eigenvalue weighted by molar-refractivity contribution is 6.14. The van der Waals surface area contributed by atoms with E-state index < -0.39 is 82.5 Å². The van der Waals surface area contributed by atoms with Crippen LogP contribution in [0, 0.1) is 16.0 Å². The molecular weight excluding hydrogens is 776 g/mol. The van der Waals surface area contributed by atoms with E-state index in [9.17, 15) is 53.3 Å². The number of benzene rings is 2. The molecule has 312 valence electrons. The van der Waals surface area contributed by atoms with Gasteiger partial charge < -0.3 is 36.5 Å². The molecule has 2 aromatic rings. The summed E-state index contributed by atoms with van der Waals surface area (Å²) in [6.07, 6.45) is 2.91. The molecule has 0 bridgehead atoms. The molecule has 6 N–H and O–H groups in total. The van der Waals surface area contributed by atoms with Gasteiger partial charge in [-0.3, -0.25) is 53.5 Å². The van der Waals surface area contributed by atoms with E-state index in [2.05, 4.69) is 21.3 Å². The Morgan fingerprint density at radius 2 is 1.42 bits per heavy atom. The summed E-state index contributed by atoms with van der Waals surface area (Å²) in [7, 11) is 0. The number of nitrogens with zero attached hydrogens (tertiary/aromatic N) is 3. The first-order chi connectivity index (χ1) is 28.0. The van der Waals surface area contributed by atoms with Gasteiger partial charge in [0.15, 0.2) is 0 Å². The number of rotatable bonds is 20. The van der Waals surface area contributed by atoms with Crippen molar-refractivity contribution in [2.45, 2.75) is 64.3 Å². The monoisotopic (exact) mass is 818 g/mol. The van der Waals surface area contributed by atoms with Gasteiger partial charge in [0.2, 0.25) is 17.7 Å². The average Bonchev–Trinajstić information content (AvgIpc) is 3.69. The Balaban J connectivity index is 1.35. The van der Waals surface area contributed by atoms with Crippen molar-refractivity contribution in [3.8, 4) is 5.75 Å². The van der Waals surface area contributed by atoms with Crippen LogP contribution in [0.2, 0.25) is 0 Å². The number of nitro benzene ring substituents is 1. The molecule has 2 heterocycles. The second-order valence-corrected chi connectivity index (χ2v) is 13.6. The first-order valence-electron chi connectivity index (χ1n) is 18.2. The third-order valence-electron chi connectivity index (χ3n) is 8.90. The topological polar surface area (TPSA) is 296 Å². The van der Waals surface area contributed by atoms with Gasteiger partial charge in [0, 0.05) is 55.1 Å². The Morgan fingerprint density at radius 1 is 0.814 bits per heavy atom. The Kier molecular flexibility index (Phi) is 15.5. The molecule has 21 nitrogen and oxygen atoms in total. The van der Waals surface area contributed by atoms with E-state index >= 15 is 0 Å². The number of non-ortho nitro benzene ring substituents is 1. The molecule has 2 aliphatic heterocycles. The summed E-state index contributed by atoms with van der Waals surface area (Å²) in [5.74, 6) is -5.08. The number of carbonyl (C=O) groups excluding carboxylic acids is 9. The molecule has 2 aliphatic rings. The maximum Gasteiger partial charge on any atom is 0.514 e. The van der Waals surface area contributed by atoms with Crippen molar-refractivity contribution in [3.63, 3.8) is 0 Å². The van der Waals surface area contributed by atoms with Crippen molar-refractivity contribution in [2.75, 3.05) is 18.4 Å². The van der Waals surface area contributed by atoms with E-state index in [-0.39, 0.29) is 56.8 Å². The molecule has 4 rings (SSSR count). The van der Waals surface area contributed by atoms with Crippen LogP contribution in [-0.2, 0) is 44.9 Å². The minimum Gasteiger partial charge on any atom is -0.429 e. The number of nitro groups is 1. The molecule has 0 aromatic heterocycles. The first-order valence-corrected chi connectivity index (χ1v) is 18.2. The van der Waals surface area contributed by atoms with Gasteiger partial charge in [-0.25, -0.2) is 9.59 Å². The number of imide groups is 2. The van der Waals surface area contributed by atoms with Crippen LogP contribution in [0.3, 0.4) is 0 Å². The van der Waals surface area contributed by atoms with E-state index in [1.807, 2.05) is 0 Å². The summed E-state index contributed by atoms with van der Waals surface area (Å²) in [6, 6.07) is 6.81. The lowest BCUT2D eigenvalue weighted by Gasteiger charge is -2.29. The number of carbonyl (C=O) groups is 9. The molecule has 0 spiro atoms. The number of ether oxygens (including phenoxy) is 2. The van der Waals surface area contributed by atoms with Crippen LogP contribution in [0.15, 0.2) is 72.8 Å². The number of nitrogens with one attached hydrogen (secondary N) is 4. The standard InChI is InChI=1S/C38H42N8O13/c1-22(2)34(43-29(47)14-11-26(45-32(50)17-18-33(45)51)20-44-30(48)15-16-31(44)49)36(53)42-28(4-3-19-40-37(39)54)35(52)41-24-7-5-23(6-8-24)21-58-38(55)59-27-12-9-25(10-13-27)46(56)57/h5-10,12-13,15-18,22,26,28,34H,3-4,11,14,19-21H2,1-2H3,(H,41,52)(H,42,53)(H,43,47)(H3,39,40,54)/t26?,28-,34-/m0/s1. The molecule has 0 fully saturated rings. The predicted octanol–water partition coefficient (Wildman–Crippen LogP) is 1.32. The van der Waals surface area contributed by atoms with Gasteiger partial charge in [0.1, 0.15) is 24.4 Å². The summed E-state index contributed by atoms with van der Waals surface area (Å²) >= 11 is 0. The molecule has 0 radical (unpaired) electrons. The van der Waals surface area contributed by atoms with Gasteiger partial charge in [-0.15, -0.1) is 0 Å². The number of nitrogens with two attached hydrogens (primary N) is 1. The zero-order valence-electron chi connectivity index (χ0n) is 31.9. The van der Waals surface area contributed by atoms with Crippen LogP contribution < -0.4 is 31.7 Å². The van der Waals surface area contributed by atoms with Gasteiger partial charge in [-0.1, -0.05) is 26.0 Å². The molecule has 3 atom stereocenters. The first kappa shape index (κ1) is 44.3. The number of primary amides is 1. The van der Waals surface area contributed by atoms with Gasteiger partial charge in [0.25, 0.3) is 29.3 Å². The highest BCUT2D eigenvalue weighted by Crippen LogP contribution is 2.20. The zero-order chi connectivity index (χ0) is 43.2. The van der Waals surface area contributed by atoms with Crippen molar-refractivity contribution >= 4 is 64.9 Å². The van der Waals surface area contributed by atoms with Crippen LogP contribution in [0.25, 0.3) is 0 Å². The van der Waals surface area contributed by atoms with Crippen LogP contribution in [-0.4, -0.2) is 99.5 Å². The predicted molar refractivity (Wildman–Crippen MR) is 204 cm³/mol. The number of hydrogen-bond donors (Lipinski definition) is 5. The van der Waals surface area contributed by atoms with Crippen LogP contribution in [0.5, 0.6) is 5.75 Å². The number of anilines is 1. The van der Waals surface area contributed by atoms with E-state index in [1.165, 1.54) is 36.4 Å². The van der Waals surface area contributed by atoms with E-state index in [1.54, 1.807) is 26.0 Å². The fourth-order valence-corrected chi connectivity index (χ4v) is 5.84. The lowest BCUT2D eigenvalue weighted by atomic mass is 10.0. The summed E-state index contributed by atoms with van der Waals surface area (Å²) in [5, 5.41) is 21.2. The van der Waals surface area contributed by atoms with Crippen molar-refractivity contribution in [2.24, 2.45) is 11.7 Å². The SMILES string of the molecule is CC(C)[C@H](NC(=O)CCC(CN1C(=O)C=CC1=O)N1C(=O)C=CC1=O)C(=O)N[C@@H](CCCNC(N)=O)C(=O)Nc1ccc(COC(=O)Oc2ccc([N+](=O)[O-])cc2)cc1. The molecule has 1 unspecified atom stereocenters. The molecule has 21 heteroatoms. The summed E-state index contributed by atoms with van der Waals surface area (Å²) in [4.78, 5) is 125. The average molecular weight is 819 g/mol. The zero-order valence-corrected chi connectivity index (χ0v) is 31.9. The van der Waals surface area contributed by atoms with Crippen molar-refractivity contribution < 1.29 is 57.5 Å². The Hall–Kier alpha value is -7.45. The quantitative estimate of drug-likeness (QED) is 0.0315. The van der Waals surface area contributed by atoms with Crippen LogP contribution >= 0.6 is 0 Å². The smallest absolute Gasteiger partial charge is 0.429 e. The van der Waals surface area contributed by atoms with Gasteiger partial charge in [0.05, 0.1) is 17.5 Å². The minimum atomic E-state index is -1.17. The molecule has 0 saturated carbocycles. The number of amides is 9. The van der Waals surface area contributed by atoms with E-state index in [0.29, 0.717) is 11.3 Å². The molecule has 0 saturated heterocycles. The maximum atomic E-state index is 13.6. The van der Waals surface area contributed by atoms with Crippen molar-refractivity contribution in [1.29, 1.82) is 0 Å². The normalized spacial score (nSPS) is 14.8. The number of urea groups is 1. The fourth-order valence-electron chi connectivity index (χ4n) is 5.84. The van der Waals surface area contributed by atoms with Gasteiger partial charge in [-0.05, 0) is 55.0 Å². The molecule has 0 aliphatic carbocycles. The van der Waals surface area contributed by atoms with E-state index in [4.69, 9.17) is 15.2 Å². The molecule has 2 aromatic carbocycles. The van der Waals surface area contributed by atoms with Crippen LogP contribution in [0.1, 0.15) is 45.1 Å². The lowest BCUT2D eigenvalue weighted by Crippen LogP contribution is -2.55.